The molecule has 19 heteroatoms. The maximum absolute atomic E-state index is 14.7. The summed E-state index contributed by atoms with van der Waals surface area (Å²) in [5.74, 6) is -2.54. The first-order valence-electron chi connectivity index (χ1n) is 23.8. The van der Waals surface area contributed by atoms with Gasteiger partial charge in [0.25, 0.3) is 0 Å². The fraction of sp³-hybridized carbons (Fsp3) is 0.915. The second-order valence-electron chi connectivity index (χ2n) is 23.2. The summed E-state index contributed by atoms with van der Waals surface area (Å²) in [6.45, 7) is 14.3. The molecule has 0 spiro atoms. The maximum Gasteiger partial charge on any atom is 0.335 e. The predicted octanol–water partition coefficient (Wildman–Crippen LogP) is -0.157. The van der Waals surface area contributed by atoms with Gasteiger partial charge in [-0.25, -0.2) is 4.79 Å². The number of rotatable bonds is 8. The van der Waals surface area contributed by atoms with Gasteiger partial charge in [0, 0.05) is 0 Å². The number of carbonyl (C=O) groups excluding carboxylic acids is 1. The van der Waals surface area contributed by atoms with E-state index in [-0.39, 0.29) is 34.5 Å². The highest BCUT2D eigenvalue weighted by atomic mass is 16.7. The lowest BCUT2D eigenvalue weighted by Gasteiger charge is -2.71. The summed E-state index contributed by atoms with van der Waals surface area (Å²) in [6.07, 6.45) is -17.6. The molecule has 66 heavy (non-hydrogen) atoms. The number of aliphatic carboxylic acids is 1. The number of aliphatic hydroxyl groups is 10. The molecule has 7 fully saturated rings. The van der Waals surface area contributed by atoms with Crippen LogP contribution in [0.25, 0.3) is 0 Å². The Bertz CT molecular complexity index is 1860. The van der Waals surface area contributed by atoms with Crippen LogP contribution in [-0.2, 0) is 38.0 Å². The number of ether oxygens (including phenoxy) is 6. The largest absolute Gasteiger partial charge is 0.479 e. The van der Waals surface area contributed by atoms with Crippen LogP contribution in [0.15, 0.2) is 11.6 Å². The van der Waals surface area contributed by atoms with Gasteiger partial charge in [0.1, 0.15) is 66.5 Å². The molecule has 11 N–H and O–H groups in total. The Morgan fingerprint density at radius 1 is 0.712 bits per heavy atom. The zero-order valence-electron chi connectivity index (χ0n) is 39.0. The van der Waals surface area contributed by atoms with Gasteiger partial charge in [-0.05, 0) is 103 Å². The van der Waals surface area contributed by atoms with Gasteiger partial charge in [0.2, 0.25) is 6.29 Å². The van der Waals surface area contributed by atoms with Crippen molar-refractivity contribution in [1.82, 2.24) is 0 Å². The minimum absolute atomic E-state index is 0.0578. The lowest BCUT2D eigenvalue weighted by Crippen LogP contribution is -2.68. The van der Waals surface area contributed by atoms with Gasteiger partial charge in [-0.1, -0.05) is 60.1 Å². The van der Waals surface area contributed by atoms with Gasteiger partial charge in [0.05, 0.1) is 25.4 Å². The molecule has 0 aromatic carbocycles. The first kappa shape index (κ1) is 50.5. The van der Waals surface area contributed by atoms with Crippen LogP contribution in [0.4, 0.5) is 0 Å². The van der Waals surface area contributed by atoms with Gasteiger partial charge in [-0.3, -0.25) is 4.79 Å². The quantitative estimate of drug-likeness (QED) is 0.0856. The fourth-order valence-corrected chi connectivity index (χ4v) is 14.8. The van der Waals surface area contributed by atoms with E-state index in [9.17, 15) is 65.8 Å². The molecule has 8 aliphatic rings. The van der Waals surface area contributed by atoms with E-state index in [0.717, 1.165) is 18.4 Å². The maximum atomic E-state index is 14.7. The third-order valence-corrected chi connectivity index (χ3v) is 18.9. The summed E-state index contributed by atoms with van der Waals surface area (Å²) in [6, 6.07) is 0. The molecule has 3 saturated heterocycles. The standard InChI is InChI=1S/C47H74O19/c1-42(2)14-15-47(41(60)66-39-32(55)30(53)29(52)23(18-48)62-39)21(16-42)20-8-9-25-44(5)12-11-27(43(3,4)24(44)10-13-45(25,6)46(20,7)17-26(47)50)63-40-34(57)35(33(56)36(65-40)37(58)59)64-38-31(54)28(51)22(49)19-61-38/h8,21-36,38-40,48-57H,9-19H2,1-7H3,(H,58,59)/t21-,22-,23+,24-,25+,26+,27-,28-,29+,30-,31+,32+,33-,34+,35-,36-,38-,39-,40+,44-,45+,46+,47+/m0/s1. The van der Waals surface area contributed by atoms with Crippen LogP contribution in [0.2, 0.25) is 0 Å². The lowest BCUT2D eigenvalue weighted by molar-refractivity contribution is -0.357. The molecule has 0 amide bonds. The van der Waals surface area contributed by atoms with Crippen molar-refractivity contribution in [2.75, 3.05) is 13.2 Å². The first-order valence-corrected chi connectivity index (χ1v) is 23.8. The van der Waals surface area contributed by atoms with Crippen LogP contribution in [0.3, 0.4) is 0 Å². The molecule has 0 bridgehead atoms. The number of hydrogen-bond donors (Lipinski definition) is 11. The van der Waals surface area contributed by atoms with Crippen molar-refractivity contribution < 1.29 is 94.2 Å². The smallest absolute Gasteiger partial charge is 0.335 e. The Labute approximate surface area is 385 Å². The van der Waals surface area contributed by atoms with E-state index in [4.69, 9.17) is 28.4 Å². The van der Waals surface area contributed by atoms with Crippen molar-refractivity contribution in [1.29, 1.82) is 0 Å². The molecule has 23 atom stereocenters. The molecular formula is C47H74O19. The van der Waals surface area contributed by atoms with E-state index in [1.165, 1.54) is 0 Å². The Kier molecular flexibility index (Phi) is 13.3. The Balaban J connectivity index is 1.05. The average molecular weight is 943 g/mol. The van der Waals surface area contributed by atoms with Crippen LogP contribution < -0.4 is 0 Å². The van der Waals surface area contributed by atoms with Crippen molar-refractivity contribution >= 4 is 11.9 Å². The highest BCUT2D eigenvalue weighted by Crippen LogP contribution is 2.76. The lowest BCUT2D eigenvalue weighted by atomic mass is 9.33. The number of carboxylic acid groups (broad SMARTS) is 1. The summed E-state index contributed by atoms with van der Waals surface area (Å²) in [5, 5.41) is 117. The van der Waals surface area contributed by atoms with Gasteiger partial charge >= 0.3 is 11.9 Å². The van der Waals surface area contributed by atoms with Crippen molar-refractivity contribution in [3.8, 4) is 0 Å². The summed E-state index contributed by atoms with van der Waals surface area (Å²) >= 11 is 0. The molecule has 376 valence electrons. The summed E-state index contributed by atoms with van der Waals surface area (Å²) in [7, 11) is 0. The SMILES string of the molecule is CC1(C)CC[C@]2(C(=O)O[C@@H]3O[C@H](CO)[C@@H](O)[C@H](O)[C@H]3O)[C@H](O)C[C@]3(C)C(=CC[C@@H]4[C@@]5(C)CC[C@H](O[C@@H]6O[C@H](C(=O)O)[C@@H](O)[C@H](O[C@@H]7OC[C@H](O)[C@H](O)[C@H]7O)[C@H]6O)C(C)(C)[C@@H]5CC[C@]43C)[C@@H]2C1. The van der Waals surface area contributed by atoms with Crippen molar-refractivity contribution in [3.05, 3.63) is 11.6 Å². The fourth-order valence-electron chi connectivity index (χ4n) is 14.8. The molecule has 0 aromatic heterocycles. The highest BCUT2D eigenvalue weighted by Gasteiger charge is 2.72. The van der Waals surface area contributed by atoms with E-state index in [0.29, 0.717) is 38.5 Å². The van der Waals surface area contributed by atoms with E-state index in [1.807, 2.05) is 0 Å². The summed E-state index contributed by atoms with van der Waals surface area (Å²) in [5.41, 5.74) is -2.23. The van der Waals surface area contributed by atoms with E-state index >= 15 is 0 Å². The third kappa shape index (κ3) is 7.64. The van der Waals surface area contributed by atoms with Crippen LogP contribution in [0, 0.1) is 50.2 Å². The van der Waals surface area contributed by atoms with Gasteiger partial charge in [-0.15, -0.1) is 0 Å². The number of aliphatic hydroxyl groups excluding tert-OH is 10. The Morgan fingerprint density at radius 3 is 2.06 bits per heavy atom. The molecule has 0 aromatic rings. The Hall–Kier alpha value is -1.92. The number of esters is 1. The minimum Gasteiger partial charge on any atom is -0.479 e. The topological polar surface area (TPSA) is 312 Å². The zero-order chi connectivity index (χ0) is 48.4. The minimum atomic E-state index is -1.92. The normalized spacial score (nSPS) is 53.2. The van der Waals surface area contributed by atoms with E-state index in [2.05, 4.69) is 54.5 Å². The molecule has 3 heterocycles. The number of carbonyl (C=O) groups is 2. The zero-order valence-corrected chi connectivity index (χ0v) is 39.0. The monoisotopic (exact) mass is 942 g/mol. The predicted molar refractivity (Wildman–Crippen MR) is 226 cm³/mol. The summed E-state index contributed by atoms with van der Waals surface area (Å²) in [4.78, 5) is 27.1. The van der Waals surface area contributed by atoms with Crippen molar-refractivity contribution in [2.45, 2.75) is 204 Å². The third-order valence-electron chi connectivity index (χ3n) is 18.9. The highest BCUT2D eigenvalue weighted by molar-refractivity contribution is 5.80. The Morgan fingerprint density at radius 2 is 1.39 bits per heavy atom. The van der Waals surface area contributed by atoms with Crippen LogP contribution >= 0.6 is 0 Å². The number of carboxylic acids is 1. The van der Waals surface area contributed by atoms with Crippen LogP contribution in [0.1, 0.15) is 106 Å². The molecule has 4 saturated carbocycles. The second-order valence-corrected chi connectivity index (χ2v) is 23.2. The first-order chi connectivity index (χ1) is 30.7. The second kappa shape index (κ2) is 17.4. The molecule has 5 aliphatic carbocycles. The van der Waals surface area contributed by atoms with E-state index in [1.54, 1.807) is 0 Å². The van der Waals surface area contributed by atoms with Gasteiger partial charge in [0.15, 0.2) is 18.7 Å². The number of allylic oxidation sites excluding steroid dienone is 2. The molecule has 0 radical (unpaired) electrons. The molecule has 3 aliphatic heterocycles. The van der Waals surface area contributed by atoms with Gasteiger partial charge < -0.3 is 84.6 Å². The van der Waals surface area contributed by atoms with Crippen LogP contribution in [0.5, 0.6) is 0 Å². The molecular weight excluding hydrogens is 868 g/mol. The van der Waals surface area contributed by atoms with Gasteiger partial charge in [-0.2, -0.15) is 0 Å². The van der Waals surface area contributed by atoms with Crippen molar-refractivity contribution in [2.24, 2.45) is 50.2 Å². The van der Waals surface area contributed by atoms with E-state index < -0.39 is 146 Å². The number of hydrogen-bond acceptors (Lipinski definition) is 18. The average Bonchev–Trinajstić information content (AvgIpc) is 3.24. The van der Waals surface area contributed by atoms with Crippen LogP contribution in [-0.4, -0.2) is 180 Å². The molecule has 0 unspecified atom stereocenters. The number of fused-ring (bicyclic) bond motifs is 7. The van der Waals surface area contributed by atoms with Crippen molar-refractivity contribution in [3.63, 3.8) is 0 Å². The molecule has 8 rings (SSSR count). The molecule has 19 nitrogen and oxygen atoms in total. The summed E-state index contributed by atoms with van der Waals surface area (Å²) < 4.78 is 34.9.